The zero-order chi connectivity index (χ0) is 23.8. The molecule has 0 spiro atoms. The van der Waals surface area contributed by atoms with Gasteiger partial charge in [-0.25, -0.2) is 9.42 Å². The maximum atomic E-state index is 13.0. The monoisotopic (exact) mass is 459 g/mol. The van der Waals surface area contributed by atoms with Crippen LogP contribution in [0.4, 0.5) is 18.0 Å². The molecule has 1 aliphatic heterocycles. The minimum atomic E-state index is -4.48. The first kappa shape index (κ1) is 22.0. The molecule has 3 N–H and O–H groups in total. The number of carbonyl (C=O) groups excluding carboxylic acids is 3. The molecule has 1 aromatic heterocycles. The molecule has 4 rings (SSSR count). The third-order valence-corrected chi connectivity index (χ3v) is 5.21. The Morgan fingerprint density at radius 1 is 1.09 bits per heavy atom. The van der Waals surface area contributed by atoms with E-state index >= 15 is 0 Å². The molecule has 2 heterocycles. The van der Waals surface area contributed by atoms with E-state index in [4.69, 9.17) is 0 Å². The lowest BCUT2D eigenvalue weighted by Crippen LogP contribution is -2.53. The van der Waals surface area contributed by atoms with Gasteiger partial charge in [-0.3, -0.25) is 14.9 Å². The molecule has 1 atom stereocenters. The number of hydrogen-bond acceptors (Lipinski definition) is 6. The summed E-state index contributed by atoms with van der Waals surface area (Å²) in [6, 6.07) is 9.93. The van der Waals surface area contributed by atoms with E-state index in [2.05, 4.69) is 30.9 Å². The first-order chi connectivity index (χ1) is 15.6. The van der Waals surface area contributed by atoms with Crippen LogP contribution >= 0.6 is 0 Å². The van der Waals surface area contributed by atoms with Crippen LogP contribution in [0.3, 0.4) is 0 Å². The summed E-state index contributed by atoms with van der Waals surface area (Å²) in [5.41, 5.74) is -1.33. The molecule has 0 radical (unpaired) electrons. The SMILES string of the molecule is Cc1nonc1C1(CNC(=O)c2ccccc2-c2ccc(C(F)(F)F)cc2)NC(=O)NC1=O. The van der Waals surface area contributed by atoms with Gasteiger partial charge in [0.1, 0.15) is 11.4 Å². The smallest absolute Gasteiger partial charge is 0.349 e. The Balaban J connectivity index is 1.61. The van der Waals surface area contributed by atoms with Crippen LogP contribution in [0.15, 0.2) is 53.2 Å². The van der Waals surface area contributed by atoms with Crippen molar-refractivity contribution in [3.8, 4) is 11.1 Å². The summed E-state index contributed by atoms with van der Waals surface area (Å²) in [7, 11) is 0. The molecule has 1 fully saturated rings. The van der Waals surface area contributed by atoms with Crippen LogP contribution in [-0.2, 0) is 16.5 Å². The molecule has 3 aromatic rings. The number of imide groups is 1. The number of nitrogens with one attached hydrogen (secondary N) is 3. The minimum absolute atomic E-state index is 0.0298. The maximum absolute atomic E-state index is 13.0. The van der Waals surface area contributed by atoms with Crippen molar-refractivity contribution in [3.63, 3.8) is 0 Å². The molecular weight excluding hydrogens is 443 g/mol. The van der Waals surface area contributed by atoms with E-state index in [9.17, 15) is 27.6 Å². The van der Waals surface area contributed by atoms with Crippen LogP contribution in [-0.4, -0.2) is 34.7 Å². The first-order valence-corrected chi connectivity index (χ1v) is 9.60. The Morgan fingerprint density at radius 3 is 2.36 bits per heavy atom. The van der Waals surface area contributed by atoms with Gasteiger partial charge >= 0.3 is 12.2 Å². The number of urea groups is 1. The lowest BCUT2D eigenvalue weighted by Gasteiger charge is -2.24. The fourth-order valence-corrected chi connectivity index (χ4v) is 3.56. The van der Waals surface area contributed by atoms with Gasteiger partial charge in [-0.2, -0.15) is 13.2 Å². The highest BCUT2D eigenvalue weighted by Crippen LogP contribution is 2.32. The largest absolute Gasteiger partial charge is 0.416 e. The highest BCUT2D eigenvalue weighted by molar-refractivity contribution is 6.08. The summed E-state index contributed by atoms with van der Waals surface area (Å²) in [5, 5.41) is 14.5. The summed E-state index contributed by atoms with van der Waals surface area (Å²) in [6.45, 7) is 1.15. The normalized spacial score (nSPS) is 18.1. The number of benzene rings is 2. The molecule has 0 saturated carbocycles. The second-order valence-electron chi connectivity index (χ2n) is 7.32. The average molecular weight is 459 g/mol. The van der Waals surface area contributed by atoms with Crippen LogP contribution in [0.5, 0.6) is 0 Å². The molecular formula is C21H16F3N5O4. The van der Waals surface area contributed by atoms with Gasteiger partial charge in [0.2, 0.25) is 0 Å². The number of amides is 4. The lowest BCUT2D eigenvalue weighted by molar-refractivity contribution is -0.137. The van der Waals surface area contributed by atoms with Gasteiger partial charge in [0.15, 0.2) is 5.54 Å². The Hall–Kier alpha value is -4.22. The van der Waals surface area contributed by atoms with Gasteiger partial charge in [-0.05, 0) is 36.2 Å². The van der Waals surface area contributed by atoms with E-state index in [1.165, 1.54) is 25.1 Å². The Bertz CT molecular complexity index is 1240. The van der Waals surface area contributed by atoms with Crippen molar-refractivity contribution in [2.24, 2.45) is 0 Å². The molecule has 170 valence electrons. The van der Waals surface area contributed by atoms with Crippen LogP contribution in [0.1, 0.15) is 27.3 Å². The molecule has 1 aliphatic rings. The highest BCUT2D eigenvalue weighted by atomic mass is 19.4. The van der Waals surface area contributed by atoms with E-state index in [0.29, 0.717) is 11.1 Å². The zero-order valence-electron chi connectivity index (χ0n) is 17.0. The fraction of sp³-hybridized carbons (Fsp3) is 0.190. The number of halogens is 3. The van der Waals surface area contributed by atoms with E-state index in [-0.39, 0.29) is 23.5 Å². The third kappa shape index (κ3) is 4.02. The molecule has 1 saturated heterocycles. The van der Waals surface area contributed by atoms with Crippen molar-refractivity contribution < 1.29 is 32.2 Å². The second-order valence-corrected chi connectivity index (χ2v) is 7.32. The van der Waals surface area contributed by atoms with E-state index in [0.717, 1.165) is 12.1 Å². The Kier molecular flexibility index (Phi) is 5.36. The number of aromatic nitrogens is 2. The van der Waals surface area contributed by atoms with Gasteiger partial charge in [-0.15, -0.1) is 0 Å². The van der Waals surface area contributed by atoms with Crippen molar-refractivity contribution in [3.05, 3.63) is 71.0 Å². The standard InChI is InChI=1S/C21H16F3N5O4/c1-11-16(29-33-28-11)20(18(31)26-19(32)27-20)10-25-17(30)15-5-3-2-4-14(15)12-6-8-13(9-7-12)21(22,23)24/h2-9H,10H2,1H3,(H,25,30)(H2,26,27,31,32). The van der Waals surface area contributed by atoms with Crippen molar-refractivity contribution in [2.45, 2.75) is 18.6 Å². The lowest BCUT2D eigenvalue weighted by atomic mass is 9.93. The highest BCUT2D eigenvalue weighted by Gasteiger charge is 2.51. The molecule has 1 unspecified atom stereocenters. The van der Waals surface area contributed by atoms with E-state index < -0.39 is 35.1 Å². The molecule has 4 amide bonds. The number of carbonyl (C=O) groups is 3. The number of aryl methyl sites for hydroxylation is 1. The number of rotatable bonds is 5. The van der Waals surface area contributed by atoms with Crippen molar-refractivity contribution in [1.29, 1.82) is 0 Å². The van der Waals surface area contributed by atoms with Gasteiger partial charge < -0.3 is 10.6 Å². The zero-order valence-corrected chi connectivity index (χ0v) is 17.0. The Morgan fingerprint density at radius 2 is 1.79 bits per heavy atom. The van der Waals surface area contributed by atoms with Gasteiger partial charge in [0.25, 0.3) is 11.8 Å². The van der Waals surface area contributed by atoms with Crippen molar-refractivity contribution in [1.82, 2.24) is 26.3 Å². The fourth-order valence-electron chi connectivity index (χ4n) is 3.56. The average Bonchev–Trinajstić information content (AvgIpc) is 3.34. The minimum Gasteiger partial charge on any atom is -0.349 e. The van der Waals surface area contributed by atoms with Gasteiger partial charge in [0, 0.05) is 5.56 Å². The summed E-state index contributed by atoms with van der Waals surface area (Å²) >= 11 is 0. The van der Waals surface area contributed by atoms with Crippen LogP contribution < -0.4 is 16.0 Å². The summed E-state index contributed by atoms with van der Waals surface area (Å²) in [6.07, 6.45) is -4.48. The molecule has 0 aliphatic carbocycles. The quantitative estimate of drug-likeness (QED) is 0.504. The van der Waals surface area contributed by atoms with Crippen LogP contribution in [0.2, 0.25) is 0 Å². The summed E-state index contributed by atoms with van der Waals surface area (Å²) < 4.78 is 43.3. The van der Waals surface area contributed by atoms with Crippen LogP contribution in [0, 0.1) is 6.92 Å². The molecule has 9 nitrogen and oxygen atoms in total. The van der Waals surface area contributed by atoms with Crippen molar-refractivity contribution in [2.75, 3.05) is 6.54 Å². The molecule has 2 aromatic carbocycles. The van der Waals surface area contributed by atoms with Gasteiger partial charge in [-0.1, -0.05) is 40.6 Å². The predicted molar refractivity (Wildman–Crippen MR) is 107 cm³/mol. The maximum Gasteiger partial charge on any atom is 0.416 e. The molecule has 0 bridgehead atoms. The number of alkyl halides is 3. The summed E-state index contributed by atoms with van der Waals surface area (Å²) in [4.78, 5) is 37.4. The Labute approximate surface area is 184 Å². The first-order valence-electron chi connectivity index (χ1n) is 9.60. The predicted octanol–water partition coefficient (Wildman–Crippen LogP) is 2.53. The molecule has 33 heavy (non-hydrogen) atoms. The second kappa shape index (κ2) is 8.04. The van der Waals surface area contributed by atoms with Crippen LogP contribution in [0.25, 0.3) is 11.1 Å². The number of nitrogens with zero attached hydrogens (tertiary/aromatic N) is 2. The number of hydrogen-bond donors (Lipinski definition) is 3. The van der Waals surface area contributed by atoms with E-state index in [1.807, 2.05) is 0 Å². The van der Waals surface area contributed by atoms with Gasteiger partial charge in [0.05, 0.1) is 12.1 Å². The topological polar surface area (TPSA) is 126 Å². The van der Waals surface area contributed by atoms with E-state index in [1.54, 1.807) is 18.2 Å². The molecule has 12 heteroatoms. The van der Waals surface area contributed by atoms with Crippen molar-refractivity contribution >= 4 is 17.8 Å². The summed E-state index contributed by atoms with van der Waals surface area (Å²) in [5.74, 6) is -1.37. The third-order valence-electron chi connectivity index (χ3n) is 5.21.